The SMILES string of the molecule is COc1ccc(C2CCN(C(C)(C)C)CC2)cc1.Cl. The molecule has 3 heteroatoms. The summed E-state index contributed by atoms with van der Waals surface area (Å²) in [6.45, 7) is 9.34. The maximum absolute atomic E-state index is 5.21. The van der Waals surface area contributed by atoms with Gasteiger partial charge in [-0.1, -0.05) is 12.1 Å². The van der Waals surface area contributed by atoms with Gasteiger partial charge in [0.25, 0.3) is 0 Å². The van der Waals surface area contributed by atoms with Crippen molar-refractivity contribution in [2.75, 3.05) is 20.2 Å². The zero-order valence-corrected chi connectivity index (χ0v) is 13.3. The highest BCUT2D eigenvalue weighted by atomic mass is 35.5. The Kier molecular flexibility index (Phi) is 5.69. The fourth-order valence-corrected chi connectivity index (χ4v) is 2.76. The zero-order chi connectivity index (χ0) is 13.2. The summed E-state index contributed by atoms with van der Waals surface area (Å²) in [5, 5.41) is 0. The molecule has 1 aliphatic heterocycles. The standard InChI is InChI=1S/C16H25NO.ClH/c1-16(2,3)17-11-9-14(10-12-17)13-5-7-15(18-4)8-6-13;/h5-8,14H,9-12H2,1-4H3;1H. The summed E-state index contributed by atoms with van der Waals surface area (Å²) in [4.78, 5) is 2.59. The molecule has 0 saturated carbocycles. The molecule has 0 amide bonds. The summed E-state index contributed by atoms with van der Waals surface area (Å²) in [7, 11) is 1.72. The van der Waals surface area contributed by atoms with Gasteiger partial charge in [0.15, 0.2) is 0 Å². The third-order valence-electron chi connectivity index (χ3n) is 4.03. The van der Waals surface area contributed by atoms with Crippen molar-refractivity contribution in [2.24, 2.45) is 0 Å². The van der Waals surface area contributed by atoms with Crippen LogP contribution in [-0.4, -0.2) is 30.6 Å². The Morgan fingerprint density at radius 2 is 1.58 bits per heavy atom. The summed E-state index contributed by atoms with van der Waals surface area (Å²) in [5.41, 5.74) is 1.77. The molecule has 0 unspecified atom stereocenters. The number of rotatable bonds is 2. The molecule has 19 heavy (non-hydrogen) atoms. The molecule has 0 spiro atoms. The number of hydrogen-bond acceptors (Lipinski definition) is 2. The first-order valence-electron chi connectivity index (χ1n) is 6.89. The van der Waals surface area contributed by atoms with Crippen molar-refractivity contribution in [3.63, 3.8) is 0 Å². The van der Waals surface area contributed by atoms with Crippen LogP contribution in [0.4, 0.5) is 0 Å². The van der Waals surface area contributed by atoms with Crippen LogP contribution in [0.15, 0.2) is 24.3 Å². The molecule has 1 fully saturated rings. The van der Waals surface area contributed by atoms with Gasteiger partial charge in [-0.05, 0) is 70.3 Å². The second-order valence-corrected chi connectivity index (χ2v) is 6.21. The van der Waals surface area contributed by atoms with E-state index in [0.29, 0.717) is 5.54 Å². The normalized spacial score (nSPS) is 17.9. The first kappa shape index (κ1) is 16.3. The highest BCUT2D eigenvalue weighted by Crippen LogP contribution is 2.31. The first-order valence-corrected chi connectivity index (χ1v) is 6.89. The quantitative estimate of drug-likeness (QED) is 0.810. The van der Waals surface area contributed by atoms with Crippen LogP contribution in [0, 0.1) is 0 Å². The van der Waals surface area contributed by atoms with Gasteiger partial charge >= 0.3 is 0 Å². The smallest absolute Gasteiger partial charge is 0.118 e. The number of hydrogen-bond donors (Lipinski definition) is 0. The lowest BCUT2D eigenvalue weighted by molar-refractivity contribution is 0.102. The maximum atomic E-state index is 5.21. The maximum Gasteiger partial charge on any atom is 0.118 e. The number of likely N-dealkylation sites (tertiary alicyclic amines) is 1. The highest BCUT2D eigenvalue weighted by molar-refractivity contribution is 5.85. The molecule has 1 heterocycles. The Balaban J connectivity index is 0.00000180. The Morgan fingerprint density at radius 3 is 2.00 bits per heavy atom. The highest BCUT2D eigenvalue weighted by Gasteiger charge is 2.27. The topological polar surface area (TPSA) is 12.5 Å². The molecule has 2 rings (SSSR count). The summed E-state index contributed by atoms with van der Waals surface area (Å²) >= 11 is 0. The van der Waals surface area contributed by atoms with E-state index in [1.54, 1.807) is 7.11 Å². The molecule has 0 aliphatic carbocycles. The van der Waals surface area contributed by atoms with Gasteiger partial charge in [-0.3, -0.25) is 4.90 Å². The minimum atomic E-state index is 0. The second-order valence-electron chi connectivity index (χ2n) is 6.21. The molecule has 1 aromatic carbocycles. The zero-order valence-electron chi connectivity index (χ0n) is 12.5. The van der Waals surface area contributed by atoms with Crippen LogP contribution in [0.25, 0.3) is 0 Å². The predicted molar refractivity (Wildman–Crippen MR) is 83.5 cm³/mol. The van der Waals surface area contributed by atoms with Gasteiger partial charge in [0.2, 0.25) is 0 Å². The van der Waals surface area contributed by atoms with E-state index < -0.39 is 0 Å². The van der Waals surface area contributed by atoms with E-state index in [-0.39, 0.29) is 12.4 Å². The number of methoxy groups -OCH3 is 1. The summed E-state index contributed by atoms with van der Waals surface area (Å²) in [5.74, 6) is 1.67. The lowest BCUT2D eigenvalue weighted by Gasteiger charge is -2.41. The van der Waals surface area contributed by atoms with E-state index in [2.05, 4.69) is 49.9 Å². The molecule has 108 valence electrons. The molecule has 1 saturated heterocycles. The number of halogens is 1. The monoisotopic (exact) mass is 283 g/mol. The first-order chi connectivity index (χ1) is 8.50. The third-order valence-corrected chi connectivity index (χ3v) is 4.03. The molecule has 2 nitrogen and oxygen atoms in total. The van der Waals surface area contributed by atoms with Gasteiger partial charge in [0.05, 0.1) is 7.11 Å². The molecule has 0 radical (unpaired) electrons. The van der Waals surface area contributed by atoms with Crippen LogP contribution in [0.2, 0.25) is 0 Å². The van der Waals surface area contributed by atoms with Gasteiger partial charge in [0, 0.05) is 5.54 Å². The minimum Gasteiger partial charge on any atom is -0.497 e. The molecule has 1 aromatic rings. The third kappa shape index (κ3) is 4.12. The average Bonchev–Trinajstić information content (AvgIpc) is 2.38. The van der Waals surface area contributed by atoms with Crippen molar-refractivity contribution < 1.29 is 4.74 Å². The second kappa shape index (κ2) is 6.62. The van der Waals surface area contributed by atoms with Crippen LogP contribution >= 0.6 is 12.4 Å². The summed E-state index contributed by atoms with van der Waals surface area (Å²) < 4.78 is 5.21. The number of piperidine rings is 1. The predicted octanol–water partition coefficient (Wildman–Crippen LogP) is 4.09. The Hall–Kier alpha value is -0.730. The van der Waals surface area contributed by atoms with E-state index in [0.717, 1.165) is 11.7 Å². The summed E-state index contributed by atoms with van der Waals surface area (Å²) in [6.07, 6.45) is 2.53. The van der Waals surface area contributed by atoms with Gasteiger partial charge in [0.1, 0.15) is 5.75 Å². The fraction of sp³-hybridized carbons (Fsp3) is 0.625. The molecule has 0 atom stereocenters. The Bertz CT molecular complexity index is 375. The molecule has 1 aliphatic rings. The van der Waals surface area contributed by atoms with Crippen molar-refractivity contribution in [3.05, 3.63) is 29.8 Å². The molecular weight excluding hydrogens is 258 g/mol. The van der Waals surface area contributed by atoms with E-state index in [1.807, 2.05) is 0 Å². The fourth-order valence-electron chi connectivity index (χ4n) is 2.76. The van der Waals surface area contributed by atoms with Gasteiger partial charge in [-0.2, -0.15) is 0 Å². The molecule has 0 bridgehead atoms. The number of ether oxygens (including phenoxy) is 1. The Labute approximate surface area is 123 Å². The van der Waals surface area contributed by atoms with Crippen molar-refractivity contribution in [2.45, 2.75) is 45.1 Å². The van der Waals surface area contributed by atoms with E-state index in [9.17, 15) is 0 Å². The lowest BCUT2D eigenvalue weighted by atomic mass is 9.87. The van der Waals surface area contributed by atoms with E-state index >= 15 is 0 Å². The van der Waals surface area contributed by atoms with Gasteiger partial charge < -0.3 is 4.74 Å². The molecule has 0 N–H and O–H groups in total. The van der Waals surface area contributed by atoms with Gasteiger partial charge in [-0.15, -0.1) is 12.4 Å². The molecular formula is C16H26ClNO. The van der Waals surface area contributed by atoms with Crippen molar-refractivity contribution >= 4 is 12.4 Å². The van der Waals surface area contributed by atoms with Crippen molar-refractivity contribution in [3.8, 4) is 5.75 Å². The average molecular weight is 284 g/mol. The van der Waals surface area contributed by atoms with Crippen LogP contribution in [0.1, 0.15) is 45.1 Å². The van der Waals surface area contributed by atoms with Crippen LogP contribution < -0.4 is 4.74 Å². The minimum absolute atomic E-state index is 0. The number of nitrogens with zero attached hydrogens (tertiary/aromatic N) is 1. The van der Waals surface area contributed by atoms with Crippen LogP contribution in [0.5, 0.6) is 5.75 Å². The number of benzene rings is 1. The Morgan fingerprint density at radius 1 is 1.05 bits per heavy atom. The van der Waals surface area contributed by atoms with Gasteiger partial charge in [-0.25, -0.2) is 0 Å². The van der Waals surface area contributed by atoms with Crippen LogP contribution in [-0.2, 0) is 0 Å². The van der Waals surface area contributed by atoms with Crippen LogP contribution in [0.3, 0.4) is 0 Å². The summed E-state index contributed by atoms with van der Waals surface area (Å²) in [6, 6.07) is 8.59. The molecule has 0 aromatic heterocycles. The van der Waals surface area contributed by atoms with Crippen molar-refractivity contribution in [1.82, 2.24) is 4.90 Å². The largest absolute Gasteiger partial charge is 0.497 e. The van der Waals surface area contributed by atoms with E-state index in [1.165, 1.54) is 31.5 Å². The lowest BCUT2D eigenvalue weighted by Crippen LogP contribution is -2.45. The van der Waals surface area contributed by atoms with Crippen molar-refractivity contribution in [1.29, 1.82) is 0 Å². The van der Waals surface area contributed by atoms with E-state index in [4.69, 9.17) is 4.74 Å².